The molecule has 1 aliphatic rings. The Morgan fingerprint density at radius 2 is 1.54 bits per heavy atom. The minimum absolute atomic E-state index is 0.431. The van der Waals surface area contributed by atoms with Gasteiger partial charge in [-0.2, -0.15) is 0 Å². The van der Waals surface area contributed by atoms with Gasteiger partial charge in [-0.3, -0.25) is 0 Å². The van der Waals surface area contributed by atoms with E-state index in [1.165, 1.54) is 0 Å². The molecule has 0 aromatic heterocycles. The highest BCUT2D eigenvalue weighted by atomic mass is 35.5. The van der Waals surface area contributed by atoms with Crippen LogP contribution in [-0.4, -0.2) is 18.3 Å². The smallest absolute Gasteiger partial charge is 0.458 e. The van der Waals surface area contributed by atoms with Crippen molar-refractivity contribution in [3.63, 3.8) is 0 Å². The van der Waals surface area contributed by atoms with Crippen molar-refractivity contribution in [1.82, 2.24) is 0 Å². The van der Waals surface area contributed by atoms with Crippen LogP contribution in [0.1, 0.15) is 27.7 Å². The van der Waals surface area contributed by atoms with Gasteiger partial charge in [0.1, 0.15) is 11.5 Å². The third-order valence-electron chi connectivity index (χ3n) is 4.58. The summed E-state index contributed by atoms with van der Waals surface area (Å²) in [5, 5.41) is 0.658. The minimum atomic E-state index is -0.541. The van der Waals surface area contributed by atoms with E-state index in [2.05, 4.69) is 0 Å². The summed E-state index contributed by atoms with van der Waals surface area (Å²) in [4.78, 5) is 0. The largest absolute Gasteiger partial charge is 0.498 e. The molecule has 4 nitrogen and oxygen atoms in total. The van der Waals surface area contributed by atoms with Crippen molar-refractivity contribution in [3.05, 3.63) is 47.5 Å². The summed E-state index contributed by atoms with van der Waals surface area (Å²) < 4.78 is 18.2. The van der Waals surface area contributed by atoms with Crippen LogP contribution in [0.15, 0.2) is 42.5 Å². The lowest BCUT2D eigenvalue weighted by atomic mass is 9.78. The van der Waals surface area contributed by atoms with Crippen LogP contribution in [0.25, 0.3) is 0 Å². The van der Waals surface area contributed by atoms with Crippen LogP contribution in [0.4, 0.5) is 5.69 Å². The lowest BCUT2D eigenvalue weighted by Gasteiger charge is -2.32. The van der Waals surface area contributed by atoms with Crippen molar-refractivity contribution in [1.29, 1.82) is 0 Å². The Morgan fingerprint density at radius 3 is 2.12 bits per heavy atom. The molecule has 0 unspecified atom stereocenters. The first-order valence-electron chi connectivity index (χ1n) is 7.86. The molecule has 0 bridgehead atoms. The van der Waals surface area contributed by atoms with Crippen molar-refractivity contribution in [2.75, 3.05) is 5.73 Å². The highest BCUT2D eigenvalue weighted by Crippen LogP contribution is 2.37. The Kier molecular flexibility index (Phi) is 4.28. The number of nitrogens with two attached hydrogens (primary N) is 1. The fourth-order valence-electron chi connectivity index (χ4n) is 2.44. The average molecular weight is 346 g/mol. The summed E-state index contributed by atoms with van der Waals surface area (Å²) in [6, 6.07) is 12.6. The molecule has 2 aromatic carbocycles. The van der Waals surface area contributed by atoms with Gasteiger partial charge in [-0.1, -0.05) is 11.6 Å². The topological polar surface area (TPSA) is 53.7 Å². The zero-order valence-electron chi connectivity index (χ0n) is 14.3. The van der Waals surface area contributed by atoms with Crippen molar-refractivity contribution in [2.45, 2.75) is 38.9 Å². The normalized spacial score (nSPS) is 18.6. The van der Waals surface area contributed by atoms with Gasteiger partial charge in [0.25, 0.3) is 0 Å². The summed E-state index contributed by atoms with van der Waals surface area (Å²) in [5.74, 6) is 1.33. The molecule has 0 saturated carbocycles. The van der Waals surface area contributed by atoms with E-state index in [0.717, 1.165) is 5.46 Å². The molecule has 0 spiro atoms. The van der Waals surface area contributed by atoms with Gasteiger partial charge in [0, 0.05) is 16.2 Å². The fraction of sp³-hybridized carbons (Fsp3) is 0.333. The first-order valence-corrected chi connectivity index (χ1v) is 8.24. The molecule has 126 valence electrons. The number of nitrogen functional groups attached to an aromatic ring is 1. The lowest BCUT2D eigenvalue weighted by molar-refractivity contribution is 0.00578. The first kappa shape index (κ1) is 17.1. The SMILES string of the molecule is CC1(C)OB(c2cc(N)ccc2Oc2ccc(Cl)cc2)OC1(C)C. The highest BCUT2D eigenvalue weighted by Gasteiger charge is 2.52. The van der Waals surface area contributed by atoms with E-state index < -0.39 is 18.3 Å². The Labute approximate surface area is 148 Å². The van der Waals surface area contributed by atoms with E-state index in [1.54, 1.807) is 18.2 Å². The molecule has 1 aliphatic heterocycles. The summed E-state index contributed by atoms with van der Waals surface area (Å²) in [7, 11) is -0.541. The van der Waals surface area contributed by atoms with Crippen LogP contribution in [0, 0.1) is 0 Å². The Bertz CT molecular complexity index is 730. The Morgan fingerprint density at radius 1 is 0.958 bits per heavy atom. The monoisotopic (exact) mass is 345 g/mol. The van der Waals surface area contributed by atoms with Gasteiger partial charge in [0.15, 0.2) is 0 Å². The molecule has 6 heteroatoms. The highest BCUT2D eigenvalue weighted by molar-refractivity contribution is 6.63. The van der Waals surface area contributed by atoms with Gasteiger partial charge < -0.3 is 19.8 Å². The molecule has 1 heterocycles. The third-order valence-corrected chi connectivity index (χ3v) is 4.83. The number of anilines is 1. The van der Waals surface area contributed by atoms with E-state index in [0.29, 0.717) is 22.2 Å². The van der Waals surface area contributed by atoms with Crippen LogP contribution in [0.3, 0.4) is 0 Å². The number of hydrogen-bond acceptors (Lipinski definition) is 4. The van der Waals surface area contributed by atoms with Gasteiger partial charge in [-0.25, -0.2) is 0 Å². The molecule has 1 saturated heterocycles. The molecule has 0 amide bonds. The number of hydrogen-bond donors (Lipinski definition) is 1. The molecule has 24 heavy (non-hydrogen) atoms. The molecular formula is C18H21BClNO3. The van der Waals surface area contributed by atoms with Crippen LogP contribution in [0.5, 0.6) is 11.5 Å². The summed E-state index contributed by atoms with van der Waals surface area (Å²) in [6.07, 6.45) is 0. The summed E-state index contributed by atoms with van der Waals surface area (Å²) >= 11 is 5.92. The van der Waals surface area contributed by atoms with Gasteiger partial charge in [0.05, 0.1) is 11.2 Å². The van der Waals surface area contributed by atoms with Crippen molar-refractivity contribution >= 4 is 29.9 Å². The Hall–Kier alpha value is -1.69. The minimum Gasteiger partial charge on any atom is -0.458 e. The maximum Gasteiger partial charge on any atom is 0.498 e. The van der Waals surface area contributed by atoms with Gasteiger partial charge in [-0.15, -0.1) is 0 Å². The number of halogens is 1. The van der Waals surface area contributed by atoms with Crippen molar-refractivity contribution in [2.24, 2.45) is 0 Å². The van der Waals surface area contributed by atoms with Crippen molar-refractivity contribution in [3.8, 4) is 11.5 Å². The average Bonchev–Trinajstić information content (AvgIpc) is 2.71. The van der Waals surface area contributed by atoms with Crippen LogP contribution < -0.4 is 15.9 Å². The first-order chi connectivity index (χ1) is 11.2. The Balaban J connectivity index is 1.93. The predicted molar refractivity (Wildman–Crippen MR) is 98.1 cm³/mol. The molecular weight excluding hydrogens is 324 g/mol. The molecule has 1 fully saturated rings. The predicted octanol–water partition coefficient (Wildman–Crippen LogP) is 4.01. The standard InChI is InChI=1S/C18H21BClNO3/c1-17(2)18(3,4)24-19(23-17)15-11-13(21)7-10-16(15)22-14-8-5-12(20)6-9-14/h5-11H,21H2,1-4H3. The maximum atomic E-state index is 6.12. The van der Waals surface area contributed by atoms with Gasteiger partial charge in [-0.05, 0) is 70.2 Å². The second-order valence-corrected chi connectivity index (χ2v) is 7.38. The molecule has 0 atom stereocenters. The quantitative estimate of drug-likeness (QED) is 0.674. The van der Waals surface area contributed by atoms with E-state index in [4.69, 9.17) is 31.4 Å². The molecule has 0 radical (unpaired) electrons. The van der Waals surface area contributed by atoms with E-state index in [1.807, 2.05) is 52.0 Å². The molecule has 3 rings (SSSR count). The number of ether oxygens (including phenoxy) is 1. The summed E-state index contributed by atoms with van der Waals surface area (Å²) in [6.45, 7) is 8.05. The number of benzene rings is 2. The summed E-state index contributed by atoms with van der Waals surface area (Å²) in [5.41, 5.74) is 6.49. The number of rotatable bonds is 3. The molecule has 0 aliphatic carbocycles. The van der Waals surface area contributed by atoms with Crippen LogP contribution in [-0.2, 0) is 9.31 Å². The zero-order chi connectivity index (χ0) is 17.5. The molecule has 2 aromatic rings. The van der Waals surface area contributed by atoms with E-state index in [-0.39, 0.29) is 0 Å². The zero-order valence-corrected chi connectivity index (χ0v) is 15.1. The lowest BCUT2D eigenvalue weighted by Crippen LogP contribution is -2.41. The molecule has 2 N–H and O–H groups in total. The third kappa shape index (κ3) is 3.25. The fourth-order valence-corrected chi connectivity index (χ4v) is 2.57. The van der Waals surface area contributed by atoms with Crippen molar-refractivity contribution < 1.29 is 14.0 Å². The van der Waals surface area contributed by atoms with Gasteiger partial charge >= 0.3 is 7.12 Å². The second-order valence-electron chi connectivity index (χ2n) is 6.94. The van der Waals surface area contributed by atoms with E-state index >= 15 is 0 Å². The van der Waals surface area contributed by atoms with E-state index in [9.17, 15) is 0 Å². The van der Waals surface area contributed by atoms with Gasteiger partial charge in [0.2, 0.25) is 0 Å². The maximum absolute atomic E-state index is 6.12. The second kappa shape index (κ2) is 5.99. The van der Waals surface area contributed by atoms with Crippen LogP contribution in [0.2, 0.25) is 5.02 Å². The van der Waals surface area contributed by atoms with Crippen LogP contribution >= 0.6 is 11.6 Å².